The third-order valence-corrected chi connectivity index (χ3v) is 3.73. The van der Waals surface area contributed by atoms with E-state index in [0.717, 1.165) is 0 Å². The molecule has 0 fully saturated rings. The summed E-state index contributed by atoms with van der Waals surface area (Å²) in [4.78, 5) is 11.1. The summed E-state index contributed by atoms with van der Waals surface area (Å²) in [6, 6.07) is 2.90. The molecule has 1 aromatic rings. The van der Waals surface area contributed by atoms with E-state index in [-0.39, 0.29) is 12.2 Å². The molecule has 0 aromatic heterocycles. The van der Waals surface area contributed by atoms with Crippen molar-refractivity contribution in [2.45, 2.75) is 13.0 Å². The van der Waals surface area contributed by atoms with Crippen LogP contribution in [0.1, 0.15) is 5.56 Å². The fourth-order valence-electron chi connectivity index (χ4n) is 1.14. The molecule has 0 unspecified atom stereocenters. The van der Waals surface area contributed by atoms with Gasteiger partial charge < -0.3 is 9.47 Å². The molecule has 0 saturated carbocycles. The Balaban J connectivity index is 3.06. The zero-order valence-corrected chi connectivity index (χ0v) is 11.8. The molecule has 0 aliphatic carbocycles. The van der Waals surface area contributed by atoms with Gasteiger partial charge in [-0.25, -0.2) is 0 Å². The molecule has 0 aliphatic rings. The Morgan fingerprint density at radius 2 is 1.94 bits per heavy atom. The van der Waals surface area contributed by atoms with Crippen LogP contribution < -0.4 is 4.74 Å². The minimum absolute atomic E-state index is 0.0551. The number of hydrogen-bond acceptors (Lipinski definition) is 3. The largest absolute Gasteiger partial charge is 0.469 e. The van der Waals surface area contributed by atoms with Crippen LogP contribution in [0.4, 0.5) is 8.78 Å². The molecule has 0 aliphatic heterocycles. The molecule has 94 valence electrons. The highest BCUT2D eigenvalue weighted by molar-refractivity contribution is 9.13. The molecule has 0 radical (unpaired) electrons. The lowest BCUT2D eigenvalue weighted by Crippen LogP contribution is -2.09. The zero-order valence-electron chi connectivity index (χ0n) is 8.68. The molecule has 0 atom stereocenters. The second-order valence-electron chi connectivity index (χ2n) is 3.01. The van der Waals surface area contributed by atoms with Gasteiger partial charge in [-0.05, 0) is 44.0 Å². The van der Waals surface area contributed by atoms with Crippen LogP contribution in [0.25, 0.3) is 0 Å². The summed E-state index contributed by atoms with van der Waals surface area (Å²) < 4.78 is 34.4. The van der Waals surface area contributed by atoms with E-state index in [1.807, 2.05) is 0 Å². The normalized spacial score (nSPS) is 10.5. The number of esters is 1. The summed E-state index contributed by atoms with van der Waals surface area (Å²) in [5.74, 6) is -0.584. The van der Waals surface area contributed by atoms with Crippen molar-refractivity contribution in [2.75, 3.05) is 7.11 Å². The Bertz CT molecular complexity index is 424. The lowest BCUT2D eigenvalue weighted by Gasteiger charge is -2.11. The van der Waals surface area contributed by atoms with Crippen molar-refractivity contribution in [1.29, 1.82) is 0 Å². The molecule has 0 saturated heterocycles. The van der Waals surface area contributed by atoms with E-state index in [2.05, 4.69) is 41.3 Å². The van der Waals surface area contributed by atoms with Crippen LogP contribution in [0.3, 0.4) is 0 Å². The van der Waals surface area contributed by atoms with Crippen molar-refractivity contribution in [3.8, 4) is 5.75 Å². The van der Waals surface area contributed by atoms with Gasteiger partial charge in [-0.3, -0.25) is 4.79 Å². The first kappa shape index (κ1) is 14.4. The quantitative estimate of drug-likeness (QED) is 0.757. The van der Waals surface area contributed by atoms with Gasteiger partial charge in [-0.1, -0.05) is 0 Å². The van der Waals surface area contributed by atoms with E-state index in [0.29, 0.717) is 14.5 Å². The van der Waals surface area contributed by atoms with Gasteiger partial charge in [0.25, 0.3) is 0 Å². The van der Waals surface area contributed by atoms with Crippen LogP contribution in [0.2, 0.25) is 0 Å². The van der Waals surface area contributed by atoms with Crippen molar-refractivity contribution in [3.05, 3.63) is 26.6 Å². The second kappa shape index (κ2) is 6.30. The maximum Gasteiger partial charge on any atom is 0.387 e. The maximum atomic E-state index is 12.2. The SMILES string of the molecule is COC(=O)Cc1cc(Br)c(Br)cc1OC(F)F. The minimum atomic E-state index is -2.94. The van der Waals surface area contributed by atoms with Crippen molar-refractivity contribution in [3.63, 3.8) is 0 Å². The lowest BCUT2D eigenvalue weighted by atomic mass is 10.1. The van der Waals surface area contributed by atoms with Crippen LogP contribution in [-0.4, -0.2) is 19.7 Å². The van der Waals surface area contributed by atoms with Crippen LogP contribution in [0.15, 0.2) is 21.1 Å². The minimum Gasteiger partial charge on any atom is -0.469 e. The average Bonchev–Trinajstić information content (AvgIpc) is 2.24. The third kappa shape index (κ3) is 4.23. The first-order valence-corrected chi connectivity index (χ1v) is 6.02. The number of halogens is 4. The maximum absolute atomic E-state index is 12.2. The Morgan fingerprint density at radius 1 is 1.35 bits per heavy atom. The summed E-state index contributed by atoms with van der Waals surface area (Å²) in [5, 5.41) is 0. The zero-order chi connectivity index (χ0) is 13.0. The first-order valence-electron chi connectivity index (χ1n) is 4.43. The number of hydrogen-bond donors (Lipinski definition) is 0. The molecule has 1 aromatic carbocycles. The van der Waals surface area contributed by atoms with Gasteiger partial charge in [-0.15, -0.1) is 0 Å². The van der Waals surface area contributed by atoms with E-state index in [9.17, 15) is 13.6 Å². The third-order valence-electron chi connectivity index (χ3n) is 1.88. The molecule has 3 nitrogen and oxygen atoms in total. The fourth-order valence-corrected chi connectivity index (χ4v) is 1.85. The summed E-state index contributed by atoms with van der Waals surface area (Å²) in [6.07, 6.45) is -0.134. The van der Waals surface area contributed by atoms with Gasteiger partial charge >= 0.3 is 12.6 Å². The van der Waals surface area contributed by atoms with Crippen molar-refractivity contribution in [2.24, 2.45) is 0 Å². The summed E-state index contributed by atoms with van der Waals surface area (Å²) in [5.41, 5.74) is 0.326. The van der Waals surface area contributed by atoms with Crippen molar-refractivity contribution >= 4 is 37.8 Å². The first-order chi connectivity index (χ1) is 7.93. The Morgan fingerprint density at radius 3 is 2.47 bits per heavy atom. The summed E-state index contributed by atoms with van der Waals surface area (Å²) in [6.45, 7) is -2.94. The molecular weight excluding hydrogens is 366 g/mol. The Labute approximate surface area is 113 Å². The number of ether oxygens (including phenoxy) is 2. The molecule has 0 heterocycles. The average molecular weight is 374 g/mol. The highest BCUT2D eigenvalue weighted by Gasteiger charge is 2.15. The van der Waals surface area contributed by atoms with E-state index in [1.54, 1.807) is 0 Å². The van der Waals surface area contributed by atoms with Gasteiger partial charge in [0.05, 0.1) is 13.5 Å². The van der Waals surface area contributed by atoms with Crippen molar-refractivity contribution < 1.29 is 23.0 Å². The fraction of sp³-hybridized carbons (Fsp3) is 0.300. The summed E-state index contributed by atoms with van der Waals surface area (Å²) >= 11 is 6.38. The van der Waals surface area contributed by atoms with Gasteiger partial charge in [0.1, 0.15) is 5.75 Å². The van der Waals surface area contributed by atoms with Gasteiger partial charge in [0.2, 0.25) is 0 Å². The monoisotopic (exact) mass is 372 g/mol. The van der Waals surface area contributed by atoms with Crippen molar-refractivity contribution in [1.82, 2.24) is 0 Å². The standard InChI is InChI=1S/C10H8Br2F2O3/c1-16-9(15)3-5-2-6(11)7(12)4-8(5)17-10(13)14/h2,4,10H,3H2,1H3. The highest BCUT2D eigenvalue weighted by Crippen LogP contribution is 2.32. The Hall–Kier alpha value is -0.690. The summed E-state index contributed by atoms with van der Waals surface area (Å²) in [7, 11) is 1.23. The second-order valence-corrected chi connectivity index (χ2v) is 4.71. The smallest absolute Gasteiger partial charge is 0.387 e. The highest BCUT2D eigenvalue weighted by atomic mass is 79.9. The van der Waals surface area contributed by atoms with Gasteiger partial charge in [-0.2, -0.15) is 8.78 Å². The topological polar surface area (TPSA) is 35.5 Å². The van der Waals surface area contributed by atoms with E-state index in [4.69, 9.17) is 0 Å². The molecule has 1 rings (SSSR count). The molecule has 0 amide bonds. The molecule has 17 heavy (non-hydrogen) atoms. The van der Waals surface area contributed by atoms with E-state index >= 15 is 0 Å². The molecule has 0 N–H and O–H groups in total. The number of carbonyl (C=O) groups is 1. The molecule has 7 heteroatoms. The van der Waals surface area contributed by atoms with Crippen LogP contribution in [0.5, 0.6) is 5.75 Å². The molecule has 0 bridgehead atoms. The number of benzene rings is 1. The van der Waals surface area contributed by atoms with Crippen LogP contribution in [0, 0.1) is 0 Å². The van der Waals surface area contributed by atoms with Gasteiger partial charge in [0.15, 0.2) is 0 Å². The number of alkyl halides is 2. The lowest BCUT2D eigenvalue weighted by molar-refractivity contribution is -0.139. The van der Waals surface area contributed by atoms with Crippen LogP contribution >= 0.6 is 31.9 Å². The number of rotatable bonds is 4. The van der Waals surface area contributed by atoms with Crippen LogP contribution in [-0.2, 0) is 16.0 Å². The van der Waals surface area contributed by atoms with Gasteiger partial charge in [0, 0.05) is 14.5 Å². The predicted octanol–water partition coefficient (Wildman–Crippen LogP) is 3.53. The number of carbonyl (C=O) groups excluding carboxylic acids is 1. The van der Waals surface area contributed by atoms with E-state index in [1.165, 1.54) is 19.2 Å². The number of methoxy groups -OCH3 is 1. The predicted molar refractivity (Wildman–Crippen MR) is 64.2 cm³/mol. The molecule has 0 spiro atoms. The molecular formula is C10H8Br2F2O3. The Kier molecular flexibility index (Phi) is 5.32. The van der Waals surface area contributed by atoms with E-state index < -0.39 is 12.6 Å².